The Morgan fingerprint density at radius 2 is 2.14 bits per heavy atom. The van der Waals surface area contributed by atoms with E-state index in [9.17, 15) is 9.59 Å². The second kappa shape index (κ2) is 6.74. The maximum Gasteiger partial charge on any atom is 0.303 e. The predicted octanol–water partition coefficient (Wildman–Crippen LogP) is 2.43. The minimum Gasteiger partial charge on any atom is -0.494 e. The topological polar surface area (TPSA) is 68.5 Å². The van der Waals surface area contributed by atoms with Crippen molar-refractivity contribution in [3.05, 3.63) is 53.3 Å². The van der Waals surface area contributed by atoms with E-state index < -0.39 is 5.97 Å². The summed E-state index contributed by atoms with van der Waals surface area (Å²) >= 11 is 0. The van der Waals surface area contributed by atoms with E-state index in [1.807, 2.05) is 12.1 Å². The van der Waals surface area contributed by atoms with Crippen molar-refractivity contribution in [1.29, 1.82) is 0 Å². The molecule has 0 bridgehead atoms. The van der Waals surface area contributed by atoms with Crippen LogP contribution in [0.3, 0.4) is 0 Å². The van der Waals surface area contributed by atoms with Crippen molar-refractivity contribution < 1.29 is 14.6 Å². The number of hydrogen-bond donors (Lipinski definition) is 1. The van der Waals surface area contributed by atoms with Crippen LogP contribution < -0.4 is 10.3 Å². The smallest absolute Gasteiger partial charge is 0.303 e. The summed E-state index contributed by atoms with van der Waals surface area (Å²) in [7, 11) is 0. The molecular formula is C16H17NO4. The van der Waals surface area contributed by atoms with Crippen LogP contribution >= 0.6 is 0 Å². The largest absolute Gasteiger partial charge is 0.494 e. The van der Waals surface area contributed by atoms with E-state index in [0.29, 0.717) is 25.3 Å². The highest BCUT2D eigenvalue weighted by Crippen LogP contribution is 2.20. The van der Waals surface area contributed by atoms with Crippen LogP contribution in [0.25, 0.3) is 10.9 Å². The van der Waals surface area contributed by atoms with Crippen LogP contribution in [0.15, 0.2) is 47.8 Å². The highest BCUT2D eigenvalue weighted by Gasteiger charge is 2.04. The highest BCUT2D eigenvalue weighted by atomic mass is 16.5. The van der Waals surface area contributed by atoms with Gasteiger partial charge in [0.15, 0.2) is 0 Å². The Morgan fingerprint density at radius 1 is 1.33 bits per heavy atom. The molecule has 1 aromatic carbocycles. The lowest BCUT2D eigenvalue weighted by Gasteiger charge is -2.10. The van der Waals surface area contributed by atoms with Crippen molar-refractivity contribution in [2.75, 3.05) is 6.61 Å². The lowest BCUT2D eigenvalue weighted by atomic mass is 10.2. The van der Waals surface area contributed by atoms with Gasteiger partial charge in [-0.3, -0.25) is 9.59 Å². The summed E-state index contributed by atoms with van der Waals surface area (Å²) in [4.78, 5) is 22.2. The van der Waals surface area contributed by atoms with E-state index in [4.69, 9.17) is 9.84 Å². The summed E-state index contributed by atoms with van der Waals surface area (Å²) in [6, 6.07) is 8.71. The average Bonchev–Trinajstić information content (AvgIpc) is 2.46. The summed E-state index contributed by atoms with van der Waals surface area (Å²) in [6.07, 6.45) is 2.23. The number of fused-ring (bicyclic) bond motifs is 1. The molecule has 0 saturated carbocycles. The maximum absolute atomic E-state index is 11.8. The molecule has 21 heavy (non-hydrogen) atoms. The number of benzene rings is 1. The average molecular weight is 287 g/mol. The fraction of sp³-hybridized carbons (Fsp3) is 0.250. The van der Waals surface area contributed by atoms with Gasteiger partial charge in [-0.25, -0.2) is 0 Å². The van der Waals surface area contributed by atoms with E-state index in [2.05, 4.69) is 6.58 Å². The number of hydrogen-bond acceptors (Lipinski definition) is 3. The molecule has 0 amide bonds. The van der Waals surface area contributed by atoms with Crippen molar-refractivity contribution >= 4 is 16.9 Å². The Balaban J connectivity index is 2.18. The molecule has 0 aliphatic heterocycles. The van der Waals surface area contributed by atoms with Crippen molar-refractivity contribution in [2.24, 2.45) is 0 Å². The Kier molecular flexibility index (Phi) is 4.77. The third-order valence-corrected chi connectivity index (χ3v) is 3.08. The van der Waals surface area contributed by atoms with Crippen molar-refractivity contribution in [2.45, 2.75) is 19.4 Å². The Labute approximate surface area is 122 Å². The normalized spacial score (nSPS) is 10.5. The number of nitrogens with zero attached hydrogens (tertiary/aromatic N) is 1. The van der Waals surface area contributed by atoms with E-state index in [1.54, 1.807) is 22.8 Å². The fourth-order valence-electron chi connectivity index (χ4n) is 2.10. The highest BCUT2D eigenvalue weighted by molar-refractivity contribution is 5.80. The van der Waals surface area contributed by atoms with E-state index >= 15 is 0 Å². The van der Waals surface area contributed by atoms with Crippen LogP contribution in [0.5, 0.6) is 5.75 Å². The number of rotatable bonds is 7. The molecule has 0 spiro atoms. The van der Waals surface area contributed by atoms with Gasteiger partial charge in [-0.05, 0) is 30.7 Å². The van der Waals surface area contributed by atoms with Gasteiger partial charge in [0.1, 0.15) is 5.75 Å². The minimum absolute atomic E-state index is 0.0717. The minimum atomic E-state index is -0.828. The van der Waals surface area contributed by atoms with Gasteiger partial charge in [0, 0.05) is 24.4 Å². The van der Waals surface area contributed by atoms with E-state index in [1.165, 1.54) is 6.07 Å². The molecule has 110 valence electrons. The van der Waals surface area contributed by atoms with Gasteiger partial charge in [-0.2, -0.15) is 0 Å². The van der Waals surface area contributed by atoms with Gasteiger partial charge in [-0.15, -0.1) is 6.58 Å². The molecule has 2 aromatic rings. The van der Waals surface area contributed by atoms with Gasteiger partial charge in [0.25, 0.3) is 5.56 Å². The quantitative estimate of drug-likeness (QED) is 0.627. The molecule has 0 atom stereocenters. The number of ether oxygens (including phenoxy) is 1. The molecular weight excluding hydrogens is 270 g/mol. The first-order valence-corrected chi connectivity index (χ1v) is 6.71. The fourth-order valence-corrected chi connectivity index (χ4v) is 2.10. The number of pyridine rings is 1. The van der Waals surface area contributed by atoms with Crippen LogP contribution in [-0.4, -0.2) is 22.2 Å². The summed E-state index contributed by atoms with van der Waals surface area (Å²) in [5, 5.41) is 9.46. The van der Waals surface area contributed by atoms with E-state index in [0.717, 1.165) is 10.9 Å². The zero-order chi connectivity index (χ0) is 15.2. The number of aromatic nitrogens is 1. The molecule has 1 aromatic heterocycles. The molecule has 0 saturated heterocycles. The maximum atomic E-state index is 11.8. The number of carboxylic acid groups (broad SMARTS) is 1. The number of aliphatic carboxylic acids is 1. The van der Waals surface area contributed by atoms with Crippen LogP contribution in [0.2, 0.25) is 0 Å². The summed E-state index contributed by atoms with van der Waals surface area (Å²) in [5.41, 5.74) is 0.748. The zero-order valence-electron chi connectivity index (χ0n) is 11.6. The predicted molar refractivity (Wildman–Crippen MR) is 80.8 cm³/mol. The SMILES string of the molecule is C=CCn1c(=O)ccc2cc(OCCCC(=O)O)ccc21. The van der Waals surface area contributed by atoms with Crippen molar-refractivity contribution in [3.63, 3.8) is 0 Å². The van der Waals surface area contributed by atoms with Crippen LogP contribution in [0.4, 0.5) is 0 Å². The first kappa shape index (κ1) is 14.8. The molecule has 1 heterocycles. The third kappa shape index (κ3) is 3.72. The standard InChI is InChI=1S/C16H17NO4/c1-2-9-17-14-7-6-13(21-10-3-4-16(19)20)11-12(14)5-8-15(17)18/h2,5-8,11H,1,3-4,9-10H2,(H,19,20). The van der Waals surface area contributed by atoms with E-state index in [-0.39, 0.29) is 12.0 Å². The summed E-state index contributed by atoms with van der Waals surface area (Å²) < 4.78 is 7.16. The first-order valence-electron chi connectivity index (χ1n) is 6.71. The molecule has 0 radical (unpaired) electrons. The van der Waals surface area contributed by atoms with Gasteiger partial charge < -0.3 is 14.4 Å². The monoisotopic (exact) mass is 287 g/mol. The van der Waals surface area contributed by atoms with Gasteiger partial charge in [0.2, 0.25) is 0 Å². The van der Waals surface area contributed by atoms with Gasteiger partial charge in [-0.1, -0.05) is 6.08 Å². The van der Waals surface area contributed by atoms with Gasteiger partial charge in [0.05, 0.1) is 12.1 Å². The molecule has 0 aliphatic rings. The van der Waals surface area contributed by atoms with Crippen LogP contribution in [-0.2, 0) is 11.3 Å². The lowest BCUT2D eigenvalue weighted by molar-refractivity contribution is -0.137. The number of carboxylic acids is 1. The van der Waals surface area contributed by atoms with Crippen LogP contribution in [0, 0.1) is 0 Å². The van der Waals surface area contributed by atoms with Crippen molar-refractivity contribution in [3.8, 4) is 5.75 Å². The number of carbonyl (C=O) groups is 1. The Bertz CT molecular complexity index is 718. The zero-order valence-corrected chi connectivity index (χ0v) is 11.6. The molecule has 1 N–H and O–H groups in total. The van der Waals surface area contributed by atoms with Crippen molar-refractivity contribution in [1.82, 2.24) is 4.57 Å². The lowest BCUT2D eigenvalue weighted by Crippen LogP contribution is -2.18. The third-order valence-electron chi connectivity index (χ3n) is 3.08. The molecule has 5 heteroatoms. The summed E-state index contributed by atoms with van der Waals surface area (Å²) in [5.74, 6) is -0.165. The number of allylic oxidation sites excluding steroid dienone is 1. The second-order valence-electron chi connectivity index (χ2n) is 4.64. The molecule has 0 fully saturated rings. The van der Waals surface area contributed by atoms with Gasteiger partial charge >= 0.3 is 5.97 Å². The van der Waals surface area contributed by atoms with Crippen LogP contribution in [0.1, 0.15) is 12.8 Å². The summed E-state index contributed by atoms with van der Waals surface area (Å²) in [6.45, 7) is 4.46. The molecule has 0 aliphatic carbocycles. The first-order chi connectivity index (χ1) is 10.1. The Morgan fingerprint density at radius 3 is 2.86 bits per heavy atom. The molecule has 2 rings (SSSR count). The Hall–Kier alpha value is -2.56. The second-order valence-corrected chi connectivity index (χ2v) is 4.64. The molecule has 5 nitrogen and oxygen atoms in total. The molecule has 0 unspecified atom stereocenters.